The molecule has 0 spiro atoms. The third-order valence-corrected chi connectivity index (χ3v) is 6.37. The van der Waals surface area contributed by atoms with Crippen LogP contribution in [0.2, 0.25) is 0 Å². The molecule has 6 heteroatoms. The molecule has 1 atom stereocenters. The van der Waals surface area contributed by atoms with Crippen molar-refractivity contribution in [2.75, 3.05) is 24.7 Å². The van der Waals surface area contributed by atoms with Crippen LogP contribution in [0.5, 0.6) is 5.75 Å². The zero-order valence-corrected chi connectivity index (χ0v) is 17.3. The number of thiazole rings is 1. The van der Waals surface area contributed by atoms with Crippen molar-refractivity contribution < 1.29 is 14.3 Å². The predicted octanol–water partition coefficient (Wildman–Crippen LogP) is 5.04. The van der Waals surface area contributed by atoms with Crippen LogP contribution in [0.25, 0.3) is 21.0 Å². The van der Waals surface area contributed by atoms with Crippen LogP contribution in [-0.4, -0.2) is 36.8 Å². The summed E-state index contributed by atoms with van der Waals surface area (Å²) in [6.45, 7) is 1.21. The first-order chi connectivity index (χ1) is 14.8. The Balaban J connectivity index is 1.36. The molecule has 1 fully saturated rings. The molecule has 1 amide bonds. The maximum absolute atomic E-state index is 13.2. The minimum atomic E-state index is -0.113. The van der Waals surface area contributed by atoms with Crippen molar-refractivity contribution in [3.05, 3.63) is 66.7 Å². The molecule has 0 bridgehead atoms. The van der Waals surface area contributed by atoms with Crippen LogP contribution in [-0.2, 0) is 9.53 Å². The van der Waals surface area contributed by atoms with Crippen LogP contribution < -0.4 is 9.64 Å². The number of benzene rings is 3. The third kappa shape index (κ3) is 4.01. The van der Waals surface area contributed by atoms with Gasteiger partial charge in [0.05, 0.1) is 22.9 Å². The highest BCUT2D eigenvalue weighted by atomic mass is 32.1. The Bertz CT molecular complexity index is 1150. The minimum absolute atomic E-state index is 0.0407. The molecule has 4 aromatic rings. The molecular formula is C24H22N2O3S. The fourth-order valence-electron chi connectivity index (χ4n) is 3.73. The number of hydrogen-bond acceptors (Lipinski definition) is 5. The van der Waals surface area contributed by atoms with Gasteiger partial charge in [-0.05, 0) is 47.9 Å². The van der Waals surface area contributed by atoms with Crippen LogP contribution in [0, 0.1) is 0 Å². The molecule has 0 saturated carbocycles. The van der Waals surface area contributed by atoms with Crippen molar-refractivity contribution in [3.63, 3.8) is 0 Å². The number of fused-ring (bicyclic) bond motifs is 2. The van der Waals surface area contributed by atoms with Crippen molar-refractivity contribution in [2.45, 2.75) is 18.9 Å². The fraction of sp³-hybridized carbons (Fsp3) is 0.250. The number of carbonyl (C=O) groups is 1. The summed E-state index contributed by atoms with van der Waals surface area (Å²) in [7, 11) is 0. The van der Waals surface area contributed by atoms with Gasteiger partial charge in [0.2, 0.25) is 0 Å². The summed E-state index contributed by atoms with van der Waals surface area (Å²) in [6.07, 6.45) is 2.03. The van der Waals surface area contributed by atoms with E-state index in [1.807, 2.05) is 60.7 Å². The number of amides is 1. The first-order valence-corrected chi connectivity index (χ1v) is 11.0. The summed E-state index contributed by atoms with van der Waals surface area (Å²) < 4.78 is 12.7. The summed E-state index contributed by atoms with van der Waals surface area (Å²) in [5.41, 5.74) is 0.901. The topological polar surface area (TPSA) is 51.7 Å². The SMILES string of the molecule is O=C(COc1ccc2ccccc2c1)N(C[C@@H]1CCCO1)c1nc2ccccc2s1. The van der Waals surface area contributed by atoms with Gasteiger partial charge in [0.15, 0.2) is 11.7 Å². The zero-order chi connectivity index (χ0) is 20.3. The van der Waals surface area contributed by atoms with Crippen LogP contribution in [0.4, 0.5) is 5.13 Å². The number of aromatic nitrogens is 1. The molecule has 0 unspecified atom stereocenters. The van der Waals surface area contributed by atoms with Crippen molar-refractivity contribution in [2.24, 2.45) is 0 Å². The van der Waals surface area contributed by atoms with E-state index in [0.29, 0.717) is 17.4 Å². The number of para-hydroxylation sites is 1. The lowest BCUT2D eigenvalue weighted by Crippen LogP contribution is -2.40. The highest BCUT2D eigenvalue weighted by Crippen LogP contribution is 2.30. The van der Waals surface area contributed by atoms with Gasteiger partial charge in [-0.25, -0.2) is 4.98 Å². The summed E-state index contributed by atoms with van der Waals surface area (Å²) in [6, 6.07) is 21.9. The Morgan fingerprint density at radius 3 is 2.77 bits per heavy atom. The van der Waals surface area contributed by atoms with Gasteiger partial charge >= 0.3 is 0 Å². The molecule has 5 rings (SSSR count). The molecule has 1 aromatic heterocycles. The van der Waals surface area contributed by atoms with Gasteiger partial charge in [-0.3, -0.25) is 9.69 Å². The second kappa shape index (κ2) is 8.42. The molecule has 5 nitrogen and oxygen atoms in total. The van der Waals surface area contributed by atoms with Crippen LogP contribution >= 0.6 is 11.3 Å². The lowest BCUT2D eigenvalue weighted by atomic mass is 10.1. The van der Waals surface area contributed by atoms with E-state index in [2.05, 4.69) is 11.1 Å². The van der Waals surface area contributed by atoms with E-state index in [0.717, 1.165) is 40.4 Å². The van der Waals surface area contributed by atoms with E-state index in [4.69, 9.17) is 9.47 Å². The molecule has 0 aliphatic carbocycles. The maximum Gasteiger partial charge on any atom is 0.266 e. The second-order valence-electron chi connectivity index (χ2n) is 7.40. The van der Waals surface area contributed by atoms with Crippen molar-refractivity contribution in [3.8, 4) is 5.75 Å². The Hall–Kier alpha value is -2.96. The second-order valence-corrected chi connectivity index (χ2v) is 8.41. The van der Waals surface area contributed by atoms with Gasteiger partial charge in [-0.1, -0.05) is 53.8 Å². The van der Waals surface area contributed by atoms with E-state index in [9.17, 15) is 4.79 Å². The van der Waals surface area contributed by atoms with Gasteiger partial charge in [-0.2, -0.15) is 0 Å². The normalized spacial score (nSPS) is 16.2. The molecule has 1 aliphatic rings. The number of carbonyl (C=O) groups excluding carboxylic acids is 1. The largest absolute Gasteiger partial charge is 0.484 e. The zero-order valence-electron chi connectivity index (χ0n) is 16.5. The minimum Gasteiger partial charge on any atom is -0.484 e. The van der Waals surface area contributed by atoms with Crippen LogP contribution in [0.1, 0.15) is 12.8 Å². The standard InChI is InChI=1S/C24H22N2O3S/c27-23(16-29-19-12-11-17-6-1-2-7-18(17)14-19)26(15-20-8-5-13-28-20)24-25-21-9-3-4-10-22(21)30-24/h1-4,6-7,9-12,14,20H,5,8,13,15-16H2/t20-/m0/s1. The van der Waals surface area contributed by atoms with E-state index >= 15 is 0 Å². The third-order valence-electron chi connectivity index (χ3n) is 5.31. The maximum atomic E-state index is 13.2. The highest BCUT2D eigenvalue weighted by Gasteiger charge is 2.26. The summed E-state index contributed by atoms with van der Waals surface area (Å²) >= 11 is 1.52. The first-order valence-electron chi connectivity index (χ1n) is 10.2. The van der Waals surface area contributed by atoms with Crippen LogP contribution in [0.15, 0.2) is 66.7 Å². The molecule has 3 aromatic carbocycles. The van der Waals surface area contributed by atoms with E-state index in [1.165, 1.54) is 11.3 Å². The smallest absolute Gasteiger partial charge is 0.266 e. The van der Waals surface area contributed by atoms with Crippen molar-refractivity contribution >= 4 is 43.4 Å². The molecule has 30 heavy (non-hydrogen) atoms. The molecule has 2 heterocycles. The first kappa shape index (κ1) is 19.0. The number of ether oxygens (including phenoxy) is 2. The Morgan fingerprint density at radius 1 is 1.10 bits per heavy atom. The monoisotopic (exact) mass is 418 g/mol. The molecule has 0 N–H and O–H groups in total. The van der Waals surface area contributed by atoms with Gasteiger partial charge < -0.3 is 9.47 Å². The fourth-order valence-corrected chi connectivity index (χ4v) is 4.73. The molecular weight excluding hydrogens is 396 g/mol. The number of rotatable bonds is 6. The molecule has 152 valence electrons. The van der Waals surface area contributed by atoms with E-state index < -0.39 is 0 Å². The summed E-state index contributed by atoms with van der Waals surface area (Å²) in [5.74, 6) is 0.570. The summed E-state index contributed by atoms with van der Waals surface area (Å²) in [4.78, 5) is 19.6. The van der Waals surface area contributed by atoms with Gasteiger partial charge in [0, 0.05) is 6.61 Å². The molecule has 1 saturated heterocycles. The lowest BCUT2D eigenvalue weighted by molar-refractivity contribution is -0.120. The quantitative estimate of drug-likeness (QED) is 0.440. The predicted molar refractivity (Wildman–Crippen MR) is 120 cm³/mol. The van der Waals surface area contributed by atoms with Crippen LogP contribution in [0.3, 0.4) is 0 Å². The number of anilines is 1. The average Bonchev–Trinajstić information content (AvgIpc) is 3.45. The van der Waals surface area contributed by atoms with Gasteiger partial charge in [-0.15, -0.1) is 0 Å². The molecule has 0 radical (unpaired) electrons. The lowest BCUT2D eigenvalue weighted by Gasteiger charge is -2.23. The average molecular weight is 419 g/mol. The summed E-state index contributed by atoms with van der Waals surface area (Å²) in [5, 5.41) is 2.93. The van der Waals surface area contributed by atoms with Crippen molar-refractivity contribution in [1.29, 1.82) is 0 Å². The van der Waals surface area contributed by atoms with Gasteiger partial charge in [0.25, 0.3) is 5.91 Å². The molecule has 1 aliphatic heterocycles. The Morgan fingerprint density at radius 2 is 1.93 bits per heavy atom. The number of hydrogen-bond donors (Lipinski definition) is 0. The van der Waals surface area contributed by atoms with Gasteiger partial charge in [0.1, 0.15) is 5.75 Å². The Kier molecular flexibility index (Phi) is 5.34. The van der Waals surface area contributed by atoms with Crippen molar-refractivity contribution in [1.82, 2.24) is 4.98 Å². The van der Waals surface area contributed by atoms with E-state index in [1.54, 1.807) is 4.90 Å². The number of nitrogens with zero attached hydrogens (tertiary/aromatic N) is 2. The van der Waals surface area contributed by atoms with E-state index in [-0.39, 0.29) is 18.6 Å². The Labute approximate surface area is 178 Å². The highest BCUT2D eigenvalue weighted by molar-refractivity contribution is 7.22.